The molecule has 4 rings (SSSR count). The Bertz CT molecular complexity index is 894. The summed E-state index contributed by atoms with van der Waals surface area (Å²) in [4.78, 5) is 11.9. The van der Waals surface area contributed by atoms with Crippen molar-refractivity contribution in [2.24, 2.45) is 11.1 Å². The van der Waals surface area contributed by atoms with Crippen LogP contribution in [0, 0.1) is 5.41 Å². The largest absolute Gasteiger partial charge is 0.379 e. The van der Waals surface area contributed by atoms with Gasteiger partial charge < -0.3 is 15.8 Å². The van der Waals surface area contributed by atoms with Crippen LogP contribution in [0.5, 0.6) is 0 Å². The summed E-state index contributed by atoms with van der Waals surface area (Å²) >= 11 is 0. The minimum atomic E-state index is -0.425. The predicted molar refractivity (Wildman–Crippen MR) is 110 cm³/mol. The highest BCUT2D eigenvalue weighted by atomic mass is 16.5. The molecule has 6 nitrogen and oxygen atoms in total. The molecule has 2 heterocycles. The molecule has 2 aromatic rings. The first-order chi connectivity index (χ1) is 13.4. The van der Waals surface area contributed by atoms with E-state index >= 15 is 0 Å². The lowest BCUT2D eigenvalue weighted by molar-refractivity contribution is 0.100. The van der Waals surface area contributed by atoms with Crippen molar-refractivity contribution in [2.45, 2.75) is 58.9 Å². The number of rotatable bonds is 5. The van der Waals surface area contributed by atoms with E-state index in [9.17, 15) is 4.79 Å². The minimum Gasteiger partial charge on any atom is -0.379 e. The fraction of sp³-hybridized carbons (Fsp3) is 0.545. The van der Waals surface area contributed by atoms with E-state index in [1.54, 1.807) is 0 Å². The number of carbonyl (C=O) groups excluding carboxylic acids is 1. The monoisotopic (exact) mass is 382 g/mol. The van der Waals surface area contributed by atoms with Crippen LogP contribution in [0.25, 0.3) is 5.69 Å². The van der Waals surface area contributed by atoms with Crippen molar-refractivity contribution < 1.29 is 9.53 Å². The number of anilines is 1. The molecule has 1 atom stereocenters. The number of hydrogen-bond donors (Lipinski definition) is 2. The van der Waals surface area contributed by atoms with Crippen LogP contribution in [0.4, 0.5) is 5.69 Å². The van der Waals surface area contributed by atoms with Crippen LogP contribution < -0.4 is 11.1 Å². The number of nitrogens with one attached hydrogen (secondary N) is 1. The fourth-order valence-electron chi connectivity index (χ4n) is 4.38. The number of primary amides is 1. The normalized spacial score (nSPS) is 20.8. The van der Waals surface area contributed by atoms with Crippen LogP contribution in [-0.4, -0.2) is 34.9 Å². The molecule has 1 aromatic carbocycles. The first-order valence-corrected chi connectivity index (χ1v) is 10.3. The van der Waals surface area contributed by atoms with Gasteiger partial charge in [-0.05, 0) is 61.3 Å². The van der Waals surface area contributed by atoms with E-state index in [0.29, 0.717) is 12.2 Å². The molecular weight excluding hydrogens is 352 g/mol. The average Bonchev–Trinajstić information content (AvgIpc) is 3.27. The van der Waals surface area contributed by atoms with Crippen molar-refractivity contribution in [2.75, 3.05) is 18.5 Å². The van der Waals surface area contributed by atoms with Crippen LogP contribution in [0.2, 0.25) is 0 Å². The molecule has 1 unspecified atom stereocenters. The number of nitrogens with two attached hydrogens (primary N) is 1. The van der Waals surface area contributed by atoms with E-state index in [-0.39, 0.29) is 11.5 Å². The highest BCUT2D eigenvalue weighted by molar-refractivity contribution is 5.99. The first-order valence-electron chi connectivity index (χ1n) is 10.3. The van der Waals surface area contributed by atoms with Crippen molar-refractivity contribution >= 4 is 11.6 Å². The molecule has 2 aliphatic rings. The molecule has 6 heteroatoms. The summed E-state index contributed by atoms with van der Waals surface area (Å²) in [5, 5.41) is 8.39. The van der Waals surface area contributed by atoms with Gasteiger partial charge in [0.05, 0.1) is 29.6 Å². The molecule has 3 N–H and O–H groups in total. The highest BCUT2D eigenvalue weighted by Crippen LogP contribution is 2.37. The molecule has 1 aliphatic carbocycles. The maximum atomic E-state index is 11.9. The Morgan fingerprint density at radius 3 is 2.93 bits per heavy atom. The lowest BCUT2D eigenvalue weighted by Crippen LogP contribution is -2.24. The third-order valence-electron chi connectivity index (χ3n) is 6.01. The molecule has 1 aromatic heterocycles. The average molecular weight is 383 g/mol. The van der Waals surface area contributed by atoms with Gasteiger partial charge in [0.15, 0.2) is 0 Å². The van der Waals surface area contributed by atoms with E-state index in [4.69, 9.17) is 15.6 Å². The molecule has 150 valence electrons. The number of nitrogens with zero attached hydrogens (tertiary/aromatic N) is 2. The predicted octanol–water partition coefficient (Wildman–Crippen LogP) is 3.25. The number of aryl methyl sites for hydroxylation is 1. The number of fused-ring (bicyclic) bond motifs is 1. The van der Waals surface area contributed by atoms with Crippen LogP contribution >= 0.6 is 0 Å². The summed E-state index contributed by atoms with van der Waals surface area (Å²) < 4.78 is 7.54. The van der Waals surface area contributed by atoms with Crippen molar-refractivity contribution in [3.8, 4) is 5.69 Å². The summed E-state index contributed by atoms with van der Waals surface area (Å²) in [7, 11) is 0. The van der Waals surface area contributed by atoms with Crippen LogP contribution in [0.3, 0.4) is 0 Å². The molecule has 1 aliphatic heterocycles. The third kappa shape index (κ3) is 3.53. The van der Waals surface area contributed by atoms with E-state index in [0.717, 1.165) is 43.7 Å². The van der Waals surface area contributed by atoms with E-state index in [1.165, 1.54) is 23.4 Å². The van der Waals surface area contributed by atoms with Gasteiger partial charge in [0, 0.05) is 18.0 Å². The lowest BCUT2D eigenvalue weighted by atomic mass is 9.76. The second-order valence-corrected chi connectivity index (χ2v) is 8.78. The topological polar surface area (TPSA) is 82.2 Å². The summed E-state index contributed by atoms with van der Waals surface area (Å²) in [6.07, 6.45) is 5.13. The molecule has 0 saturated carbocycles. The number of benzene rings is 1. The Morgan fingerprint density at radius 2 is 2.25 bits per heavy atom. The maximum Gasteiger partial charge on any atom is 0.250 e. The fourth-order valence-corrected chi connectivity index (χ4v) is 4.38. The number of amides is 1. The third-order valence-corrected chi connectivity index (χ3v) is 6.01. The SMILES string of the molecule is CCc1nn(-c2ccc(C(N)=O)c(NC3CCOC3)c2)c2c1CCC(C)(C)C2. The van der Waals surface area contributed by atoms with Gasteiger partial charge in [-0.2, -0.15) is 5.10 Å². The molecule has 1 saturated heterocycles. The Balaban J connectivity index is 1.77. The van der Waals surface area contributed by atoms with Gasteiger partial charge in [-0.1, -0.05) is 20.8 Å². The minimum absolute atomic E-state index is 0.199. The Morgan fingerprint density at radius 1 is 1.43 bits per heavy atom. The number of ether oxygens (including phenoxy) is 1. The van der Waals surface area contributed by atoms with Gasteiger partial charge >= 0.3 is 0 Å². The molecular formula is C22H30N4O2. The van der Waals surface area contributed by atoms with Gasteiger partial charge in [-0.15, -0.1) is 0 Å². The lowest BCUT2D eigenvalue weighted by Gasteiger charge is -2.30. The van der Waals surface area contributed by atoms with Gasteiger partial charge in [-0.3, -0.25) is 4.79 Å². The zero-order chi connectivity index (χ0) is 19.9. The smallest absolute Gasteiger partial charge is 0.250 e. The van der Waals surface area contributed by atoms with Gasteiger partial charge in [0.25, 0.3) is 5.91 Å². The van der Waals surface area contributed by atoms with E-state index < -0.39 is 5.91 Å². The number of hydrogen-bond acceptors (Lipinski definition) is 4. The highest BCUT2D eigenvalue weighted by Gasteiger charge is 2.31. The van der Waals surface area contributed by atoms with Crippen molar-refractivity contribution in [1.29, 1.82) is 0 Å². The number of aromatic nitrogens is 2. The van der Waals surface area contributed by atoms with Gasteiger partial charge in [0.2, 0.25) is 0 Å². The second-order valence-electron chi connectivity index (χ2n) is 8.78. The van der Waals surface area contributed by atoms with E-state index in [2.05, 4.69) is 30.8 Å². The maximum absolute atomic E-state index is 11.9. The molecule has 28 heavy (non-hydrogen) atoms. The summed E-state index contributed by atoms with van der Waals surface area (Å²) in [6, 6.07) is 5.96. The van der Waals surface area contributed by atoms with Gasteiger partial charge in [-0.25, -0.2) is 4.68 Å². The molecule has 1 amide bonds. The number of carbonyl (C=O) groups is 1. The summed E-state index contributed by atoms with van der Waals surface area (Å²) in [5.74, 6) is -0.425. The van der Waals surface area contributed by atoms with Crippen LogP contribution in [-0.2, 0) is 24.0 Å². The summed E-state index contributed by atoms with van der Waals surface area (Å²) in [6.45, 7) is 8.19. The summed E-state index contributed by atoms with van der Waals surface area (Å²) in [5.41, 5.74) is 12.0. The van der Waals surface area contributed by atoms with Crippen molar-refractivity contribution in [3.63, 3.8) is 0 Å². The Labute approximate surface area is 166 Å². The van der Waals surface area contributed by atoms with E-state index in [1.807, 2.05) is 18.2 Å². The Hall–Kier alpha value is -2.34. The molecule has 0 bridgehead atoms. The molecule has 1 fully saturated rings. The molecule has 0 radical (unpaired) electrons. The standard InChI is InChI=1S/C22H30N4O2/c1-4-18-16-7-9-22(2,3)12-20(16)26(25-18)15-5-6-17(21(23)27)19(11-15)24-14-8-10-28-13-14/h5-6,11,14,24H,4,7-10,12-13H2,1-3H3,(H2,23,27). The van der Waals surface area contributed by atoms with Gasteiger partial charge in [0.1, 0.15) is 0 Å². The Kier molecular flexibility index (Phi) is 4.91. The van der Waals surface area contributed by atoms with Crippen LogP contribution in [0.15, 0.2) is 18.2 Å². The van der Waals surface area contributed by atoms with Crippen molar-refractivity contribution in [3.05, 3.63) is 40.7 Å². The zero-order valence-corrected chi connectivity index (χ0v) is 17.0. The van der Waals surface area contributed by atoms with Crippen molar-refractivity contribution in [1.82, 2.24) is 9.78 Å². The molecule has 0 spiro atoms. The van der Waals surface area contributed by atoms with Crippen LogP contribution in [0.1, 0.15) is 60.9 Å². The zero-order valence-electron chi connectivity index (χ0n) is 17.0. The first kappa shape index (κ1) is 19.0. The second kappa shape index (κ2) is 7.24. The quantitative estimate of drug-likeness (QED) is 0.832.